The summed E-state index contributed by atoms with van der Waals surface area (Å²) in [4.78, 5) is 17.6. The maximum absolute atomic E-state index is 11.4. The minimum absolute atomic E-state index is 0.105. The molecule has 26 heavy (non-hydrogen) atoms. The SMILES string of the molecule is CCNC(=NCCCNS(=O)(=O)CC)N1CCN(c2ncccn2)CC1. The van der Waals surface area contributed by atoms with Gasteiger partial charge in [0, 0.05) is 58.2 Å². The fraction of sp³-hybridized carbons (Fsp3) is 0.688. The van der Waals surface area contributed by atoms with E-state index >= 15 is 0 Å². The molecule has 0 aliphatic carbocycles. The normalized spacial score (nSPS) is 16.0. The van der Waals surface area contributed by atoms with Gasteiger partial charge in [-0.15, -0.1) is 0 Å². The highest BCUT2D eigenvalue weighted by molar-refractivity contribution is 7.89. The van der Waals surface area contributed by atoms with Gasteiger partial charge in [0.1, 0.15) is 0 Å². The molecular weight excluding hydrogens is 354 g/mol. The summed E-state index contributed by atoms with van der Waals surface area (Å²) in [5, 5.41) is 3.31. The molecule has 0 atom stereocenters. The Morgan fingerprint density at radius 1 is 1.19 bits per heavy atom. The van der Waals surface area contributed by atoms with Gasteiger partial charge in [0.25, 0.3) is 0 Å². The van der Waals surface area contributed by atoms with Crippen molar-refractivity contribution in [2.45, 2.75) is 20.3 Å². The smallest absolute Gasteiger partial charge is 0.225 e. The van der Waals surface area contributed by atoms with Gasteiger partial charge in [-0.05, 0) is 26.3 Å². The van der Waals surface area contributed by atoms with Gasteiger partial charge in [-0.25, -0.2) is 23.1 Å². The fourth-order valence-electron chi connectivity index (χ4n) is 2.59. The lowest BCUT2D eigenvalue weighted by molar-refractivity contribution is 0.370. The molecule has 0 unspecified atom stereocenters. The number of nitrogens with zero attached hydrogens (tertiary/aromatic N) is 5. The van der Waals surface area contributed by atoms with Crippen LogP contribution in [0.25, 0.3) is 0 Å². The number of hydrogen-bond acceptors (Lipinski definition) is 6. The van der Waals surface area contributed by atoms with Crippen LogP contribution in [0.2, 0.25) is 0 Å². The van der Waals surface area contributed by atoms with Gasteiger partial charge in [-0.2, -0.15) is 0 Å². The van der Waals surface area contributed by atoms with Gasteiger partial charge in [0.2, 0.25) is 16.0 Å². The molecule has 10 heteroatoms. The predicted octanol–water partition coefficient (Wildman–Crippen LogP) is -0.106. The van der Waals surface area contributed by atoms with Crippen molar-refractivity contribution in [2.24, 2.45) is 4.99 Å². The predicted molar refractivity (Wildman–Crippen MR) is 104 cm³/mol. The van der Waals surface area contributed by atoms with Crippen LogP contribution in [-0.4, -0.2) is 80.8 Å². The summed E-state index contributed by atoms with van der Waals surface area (Å²) in [6.45, 7) is 8.81. The highest BCUT2D eigenvalue weighted by atomic mass is 32.2. The number of aliphatic imine (C=N–C) groups is 1. The molecule has 1 fully saturated rings. The van der Waals surface area contributed by atoms with E-state index in [0.29, 0.717) is 19.5 Å². The first-order chi connectivity index (χ1) is 12.6. The first-order valence-corrected chi connectivity index (χ1v) is 10.7. The summed E-state index contributed by atoms with van der Waals surface area (Å²) in [5.41, 5.74) is 0. The van der Waals surface area contributed by atoms with Gasteiger partial charge >= 0.3 is 0 Å². The molecule has 1 aromatic rings. The number of nitrogens with one attached hydrogen (secondary N) is 2. The van der Waals surface area contributed by atoms with Crippen LogP contribution in [0.1, 0.15) is 20.3 Å². The third-order valence-electron chi connectivity index (χ3n) is 4.05. The van der Waals surface area contributed by atoms with E-state index in [0.717, 1.165) is 44.6 Å². The Morgan fingerprint density at radius 2 is 1.88 bits per heavy atom. The van der Waals surface area contributed by atoms with Gasteiger partial charge < -0.3 is 15.1 Å². The van der Waals surface area contributed by atoms with Crippen LogP contribution in [0, 0.1) is 0 Å². The van der Waals surface area contributed by atoms with E-state index in [1.54, 1.807) is 19.3 Å². The van der Waals surface area contributed by atoms with Crippen LogP contribution in [0.15, 0.2) is 23.5 Å². The van der Waals surface area contributed by atoms with Crippen molar-refractivity contribution in [3.8, 4) is 0 Å². The molecule has 0 spiro atoms. The average molecular weight is 384 g/mol. The van der Waals surface area contributed by atoms with E-state index in [4.69, 9.17) is 0 Å². The van der Waals surface area contributed by atoms with E-state index in [2.05, 4.69) is 34.8 Å². The first kappa shape index (κ1) is 20.4. The number of sulfonamides is 1. The summed E-state index contributed by atoms with van der Waals surface area (Å²) in [7, 11) is -3.13. The average Bonchev–Trinajstić information content (AvgIpc) is 2.68. The van der Waals surface area contributed by atoms with Crippen molar-refractivity contribution in [3.63, 3.8) is 0 Å². The minimum Gasteiger partial charge on any atom is -0.357 e. The van der Waals surface area contributed by atoms with Crippen molar-refractivity contribution >= 4 is 21.9 Å². The van der Waals surface area contributed by atoms with Crippen molar-refractivity contribution in [1.29, 1.82) is 0 Å². The zero-order chi connectivity index (χ0) is 18.8. The first-order valence-electron chi connectivity index (χ1n) is 9.08. The van der Waals surface area contributed by atoms with E-state index in [1.165, 1.54) is 0 Å². The Kier molecular flexibility index (Phi) is 8.05. The second kappa shape index (κ2) is 10.3. The number of hydrogen-bond donors (Lipinski definition) is 2. The van der Waals surface area contributed by atoms with Crippen molar-refractivity contribution in [1.82, 2.24) is 24.9 Å². The standard InChI is InChI=1S/C16H29N7O2S/c1-3-17-15(18-9-6-10-21-26(24,25)4-2)22-11-13-23(14-12-22)16-19-7-5-8-20-16/h5,7-8,21H,3-4,6,9-14H2,1-2H3,(H,17,18). The van der Waals surface area contributed by atoms with Gasteiger partial charge in [0.15, 0.2) is 5.96 Å². The Morgan fingerprint density at radius 3 is 2.50 bits per heavy atom. The van der Waals surface area contributed by atoms with E-state index in [-0.39, 0.29) is 5.75 Å². The molecule has 2 N–H and O–H groups in total. The number of piperazine rings is 1. The van der Waals surface area contributed by atoms with Crippen molar-refractivity contribution < 1.29 is 8.42 Å². The van der Waals surface area contributed by atoms with Crippen LogP contribution >= 0.6 is 0 Å². The third kappa shape index (κ3) is 6.41. The minimum atomic E-state index is -3.13. The monoisotopic (exact) mass is 383 g/mol. The van der Waals surface area contributed by atoms with E-state index in [9.17, 15) is 8.42 Å². The Labute approximate surface area is 156 Å². The summed E-state index contributed by atoms with van der Waals surface area (Å²) < 4.78 is 25.4. The maximum atomic E-state index is 11.4. The molecular formula is C16H29N7O2S. The molecule has 0 bridgehead atoms. The highest BCUT2D eigenvalue weighted by Crippen LogP contribution is 2.09. The number of anilines is 1. The summed E-state index contributed by atoms with van der Waals surface area (Å²) in [5.74, 6) is 1.74. The Hall–Kier alpha value is -1.94. The lowest BCUT2D eigenvalue weighted by Gasteiger charge is -2.36. The van der Waals surface area contributed by atoms with Crippen molar-refractivity contribution in [3.05, 3.63) is 18.5 Å². The topological polar surface area (TPSA) is 103 Å². The molecule has 1 saturated heterocycles. The number of aromatic nitrogens is 2. The summed E-state index contributed by atoms with van der Waals surface area (Å²) in [6.07, 6.45) is 4.19. The molecule has 0 saturated carbocycles. The third-order valence-corrected chi connectivity index (χ3v) is 5.45. The molecule has 2 heterocycles. The van der Waals surface area contributed by atoms with Crippen LogP contribution in [-0.2, 0) is 10.0 Å². The zero-order valence-corrected chi connectivity index (χ0v) is 16.4. The number of rotatable bonds is 8. The van der Waals surface area contributed by atoms with Crippen LogP contribution < -0.4 is 14.9 Å². The van der Waals surface area contributed by atoms with Crippen LogP contribution in [0.4, 0.5) is 5.95 Å². The lowest BCUT2D eigenvalue weighted by atomic mass is 10.3. The fourth-order valence-corrected chi connectivity index (χ4v) is 3.25. The molecule has 146 valence electrons. The van der Waals surface area contributed by atoms with Crippen LogP contribution in [0.3, 0.4) is 0 Å². The Balaban J connectivity index is 1.82. The molecule has 2 rings (SSSR count). The van der Waals surface area contributed by atoms with Gasteiger partial charge in [-0.3, -0.25) is 4.99 Å². The zero-order valence-electron chi connectivity index (χ0n) is 15.6. The highest BCUT2D eigenvalue weighted by Gasteiger charge is 2.20. The quantitative estimate of drug-likeness (QED) is 0.367. The maximum Gasteiger partial charge on any atom is 0.225 e. The van der Waals surface area contributed by atoms with Gasteiger partial charge in [-0.1, -0.05) is 0 Å². The van der Waals surface area contributed by atoms with E-state index < -0.39 is 10.0 Å². The molecule has 1 aliphatic heterocycles. The lowest BCUT2D eigenvalue weighted by Crippen LogP contribution is -2.53. The molecule has 0 aromatic carbocycles. The molecule has 9 nitrogen and oxygen atoms in total. The molecule has 0 amide bonds. The molecule has 1 aromatic heterocycles. The Bertz CT molecular complexity index is 658. The second-order valence-electron chi connectivity index (χ2n) is 5.91. The number of guanidine groups is 1. The van der Waals surface area contributed by atoms with Gasteiger partial charge in [0.05, 0.1) is 5.75 Å². The summed E-state index contributed by atoms with van der Waals surface area (Å²) >= 11 is 0. The largest absolute Gasteiger partial charge is 0.357 e. The van der Waals surface area contributed by atoms with Crippen LogP contribution in [0.5, 0.6) is 0 Å². The van der Waals surface area contributed by atoms with Crippen molar-refractivity contribution in [2.75, 3.05) is 56.5 Å². The molecule has 1 aliphatic rings. The molecule has 0 radical (unpaired) electrons. The second-order valence-corrected chi connectivity index (χ2v) is 8.01. The van der Waals surface area contributed by atoms with E-state index in [1.807, 2.05) is 13.0 Å². The summed E-state index contributed by atoms with van der Waals surface area (Å²) in [6, 6.07) is 1.82.